The Morgan fingerprint density at radius 2 is 2.30 bits per heavy atom. The van der Waals surface area contributed by atoms with Crippen molar-refractivity contribution in [1.29, 1.82) is 0 Å². The molecular formula is C5H11N3O2. The second-order valence-corrected chi connectivity index (χ2v) is 2.17. The normalized spacial score (nSPS) is 11.7. The van der Waals surface area contributed by atoms with Crippen molar-refractivity contribution in [2.24, 2.45) is 5.73 Å². The van der Waals surface area contributed by atoms with Gasteiger partial charge in [-0.05, 0) is 13.8 Å². The third-order valence-corrected chi connectivity index (χ3v) is 0.700. The zero-order valence-corrected chi connectivity index (χ0v) is 6.00. The van der Waals surface area contributed by atoms with Crippen molar-refractivity contribution in [3.05, 3.63) is 22.1 Å². The Bertz CT molecular complexity index is 153. The molecule has 3 N–H and O–H groups in total. The summed E-state index contributed by atoms with van der Waals surface area (Å²) in [7, 11) is 0. The van der Waals surface area contributed by atoms with Crippen LogP contribution >= 0.6 is 0 Å². The van der Waals surface area contributed by atoms with Crippen molar-refractivity contribution in [2.45, 2.75) is 19.9 Å². The first-order chi connectivity index (χ1) is 4.52. The van der Waals surface area contributed by atoms with Gasteiger partial charge in [-0.3, -0.25) is 10.1 Å². The molecule has 0 atom stereocenters. The number of nitrogens with two attached hydrogens (primary N) is 1. The van der Waals surface area contributed by atoms with Crippen LogP contribution in [0.15, 0.2) is 12.0 Å². The Kier molecular flexibility index (Phi) is 3.24. The molecule has 0 heterocycles. The summed E-state index contributed by atoms with van der Waals surface area (Å²) in [6.07, 6.45) is 0.736. The summed E-state index contributed by atoms with van der Waals surface area (Å²) in [6.45, 7) is 3.70. The van der Waals surface area contributed by atoms with Gasteiger partial charge < -0.3 is 11.1 Å². The Balaban J connectivity index is 3.83. The van der Waals surface area contributed by atoms with Gasteiger partial charge in [0.2, 0.25) is 0 Å². The van der Waals surface area contributed by atoms with Crippen LogP contribution in [0.4, 0.5) is 0 Å². The van der Waals surface area contributed by atoms with Crippen molar-refractivity contribution in [3.8, 4) is 0 Å². The van der Waals surface area contributed by atoms with E-state index in [9.17, 15) is 10.1 Å². The Hall–Kier alpha value is -1.26. The predicted molar refractivity (Wildman–Crippen MR) is 37.5 cm³/mol. The van der Waals surface area contributed by atoms with Crippen LogP contribution in [-0.2, 0) is 0 Å². The van der Waals surface area contributed by atoms with E-state index in [1.807, 2.05) is 13.8 Å². The van der Waals surface area contributed by atoms with E-state index in [-0.39, 0.29) is 11.9 Å². The van der Waals surface area contributed by atoms with Crippen LogP contribution in [-0.4, -0.2) is 11.0 Å². The predicted octanol–water partition coefficient (Wildman–Crippen LogP) is 0.0187. The van der Waals surface area contributed by atoms with Crippen molar-refractivity contribution in [3.63, 3.8) is 0 Å². The molecule has 0 aliphatic rings. The molecule has 0 aromatic carbocycles. The van der Waals surface area contributed by atoms with Crippen LogP contribution in [0.1, 0.15) is 13.8 Å². The van der Waals surface area contributed by atoms with Crippen LogP contribution in [0.25, 0.3) is 0 Å². The fraction of sp³-hybridized carbons (Fsp3) is 0.600. The summed E-state index contributed by atoms with van der Waals surface area (Å²) >= 11 is 0. The summed E-state index contributed by atoms with van der Waals surface area (Å²) < 4.78 is 0. The summed E-state index contributed by atoms with van der Waals surface area (Å²) in [5, 5.41) is 12.5. The molecule has 0 bridgehead atoms. The Labute approximate surface area is 59.1 Å². The molecule has 0 saturated heterocycles. The molecule has 0 rings (SSSR count). The van der Waals surface area contributed by atoms with Crippen LogP contribution in [0, 0.1) is 10.1 Å². The van der Waals surface area contributed by atoms with E-state index in [1.165, 1.54) is 0 Å². The molecule has 0 amide bonds. The maximum absolute atomic E-state index is 9.80. The number of hydrogen-bond donors (Lipinski definition) is 2. The zero-order valence-electron chi connectivity index (χ0n) is 6.00. The van der Waals surface area contributed by atoms with E-state index >= 15 is 0 Å². The van der Waals surface area contributed by atoms with Gasteiger partial charge in [-0.2, -0.15) is 0 Å². The van der Waals surface area contributed by atoms with Gasteiger partial charge in [-0.25, -0.2) is 0 Å². The van der Waals surface area contributed by atoms with E-state index in [1.54, 1.807) is 0 Å². The molecule has 0 saturated carbocycles. The lowest BCUT2D eigenvalue weighted by Crippen LogP contribution is -2.27. The molecule has 0 aromatic rings. The van der Waals surface area contributed by atoms with Gasteiger partial charge in [0.15, 0.2) is 5.82 Å². The number of hydrogen-bond acceptors (Lipinski definition) is 4. The monoisotopic (exact) mass is 145 g/mol. The summed E-state index contributed by atoms with van der Waals surface area (Å²) in [5.74, 6) is 0.0833. The van der Waals surface area contributed by atoms with Crippen molar-refractivity contribution >= 4 is 0 Å². The highest BCUT2D eigenvalue weighted by Crippen LogP contribution is 1.82. The minimum Gasteiger partial charge on any atom is -0.380 e. The molecule has 58 valence electrons. The van der Waals surface area contributed by atoms with Gasteiger partial charge in [0, 0.05) is 6.04 Å². The lowest BCUT2D eigenvalue weighted by Gasteiger charge is -2.05. The number of nitrogens with one attached hydrogen (secondary N) is 1. The average Bonchev–Trinajstić information content (AvgIpc) is 1.58. The fourth-order valence-corrected chi connectivity index (χ4v) is 0.484. The first-order valence-corrected chi connectivity index (χ1v) is 2.89. The smallest absolute Gasteiger partial charge is 0.273 e. The lowest BCUT2D eigenvalue weighted by atomic mass is 10.4. The largest absolute Gasteiger partial charge is 0.380 e. The van der Waals surface area contributed by atoms with E-state index in [0.29, 0.717) is 0 Å². The van der Waals surface area contributed by atoms with E-state index in [2.05, 4.69) is 5.32 Å². The summed E-state index contributed by atoms with van der Waals surface area (Å²) in [5.41, 5.74) is 5.18. The third-order valence-electron chi connectivity index (χ3n) is 0.700. The maximum atomic E-state index is 9.80. The van der Waals surface area contributed by atoms with Crippen LogP contribution in [0.3, 0.4) is 0 Å². The summed E-state index contributed by atoms with van der Waals surface area (Å²) in [6, 6.07) is 0.121. The van der Waals surface area contributed by atoms with Crippen LogP contribution in [0.5, 0.6) is 0 Å². The molecule has 0 aromatic heterocycles. The van der Waals surface area contributed by atoms with Crippen molar-refractivity contribution in [2.75, 3.05) is 0 Å². The maximum Gasteiger partial charge on any atom is 0.273 e. The van der Waals surface area contributed by atoms with E-state index in [0.717, 1.165) is 6.20 Å². The Morgan fingerprint density at radius 3 is 2.60 bits per heavy atom. The summed E-state index contributed by atoms with van der Waals surface area (Å²) in [4.78, 5) is 9.21. The second-order valence-electron chi connectivity index (χ2n) is 2.17. The lowest BCUT2D eigenvalue weighted by molar-refractivity contribution is -0.403. The highest BCUT2D eigenvalue weighted by molar-refractivity contribution is 4.88. The van der Waals surface area contributed by atoms with Gasteiger partial charge in [0.1, 0.15) is 0 Å². The molecule has 0 spiro atoms. The van der Waals surface area contributed by atoms with Gasteiger partial charge >= 0.3 is 0 Å². The first-order valence-electron chi connectivity index (χ1n) is 2.89. The van der Waals surface area contributed by atoms with E-state index in [4.69, 9.17) is 5.73 Å². The van der Waals surface area contributed by atoms with Gasteiger partial charge in [0.25, 0.3) is 6.20 Å². The second kappa shape index (κ2) is 3.71. The number of rotatable bonds is 3. The average molecular weight is 145 g/mol. The van der Waals surface area contributed by atoms with Gasteiger partial charge in [0.05, 0.1) is 4.92 Å². The standard InChI is InChI=1S/C5H11N3O2/c1-4(2)7-5(6)3-8(9)10/h3-4,7H,6H2,1-2H3. The zero-order chi connectivity index (χ0) is 8.15. The Morgan fingerprint density at radius 1 is 1.80 bits per heavy atom. The SMILES string of the molecule is CC(C)NC(N)=C[N+](=O)[O-]. The number of nitro groups is 1. The topological polar surface area (TPSA) is 81.2 Å². The molecule has 5 heteroatoms. The molecule has 0 fully saturated rings. The molecule has 0 unspecified atom stereocenters. The molecule has 0 aliphatic carbocycles. The highest BCUT2D eigenvalue weighted by Gasteiger charge is 1.97. The number of nitrogens with zero attached hydrogens (tertiary/aromatic N) is 1. The van der Waals surface area contributed by atoms with Crippen molar-refractivity contribution in [1.82, 2.24) is 5.32 Å². The van der Waals surface area contributed by atoms with Gasteiger partial charge in [-0.15, -0.1) is 0 Å². The minimum absolute atomic E-state index is 0.0833. The highest BCUT2D eigenvalue weighted by atomic mass is 16.6. The molecule has 0 radical (unpaired) electrons. The molecule has 0 aliphatic heterocycles. The van der Waals surface area contributed by atoms with Crippen LogP contribution < -0.4 is 11.1 Å². The fourth-order valence-electron chi connectivity index (χ4n) is 0.484. The third kappa shape index (κ3) is 4.89. The molecule has 10 heavy (non-hydrogen) atoms. The molecular weight excluding hydrogens is 134 g/mol. The van der Waals surface area contributed by atoms with Crippen molar-refractivity contribution < 1.29 is 4.92 Å². The van der Waals surface area contributed by atoms with Gasteiger partial charge in [-0.1, -0.05) is 0 Å². The minimum atomic E-state index is -0.593. The molecule has 5 nitrogen and oxygen atoms in total. The van der Waals surface area contributed by atoms with E-state index < -0.39 is 4.92 Å². The van der Waals surface area contributed by atoms with Crippen LogP contribution in [0.2, 0.25) is 0 Å². The first kappa shape index (κ1) is 8.74. The quantitative estimate of drug-likeness (QED) is 0.433.